The number of piperidine rings is 3. The van der Waals surface area contributed by atoms with Crippen molar-refractivity contribution in [3.63, 3.8) is 0 Å². The first-order chi connectivity index (χ1) is 58.2. The van der Waals surface area contributed by atoms with E-state index in [1.165, 1.54) is 18.6 Å². The summed E-state index contributed by atoms with van der Waals surface area (Å²) in [4.78, 5) is 120. The van der Waals surface area contributed by atoms with Gasteiger partial charge in [-0.05, 0) is 38.5 Å². The molecule has 9 saturated heterocycles. The third kappa shape index (κ3) is 16.7. The zero-order chi connectivity index (χ0) is 84.8. The highest BCUT2D eigenvalue weighted by molar-refractivity contribution is 6.14. The number of rotatable bonds is 15. The summed E-state index contributed by atoms with van der Waals surface area (Å²) in [5, 5.41) is 19.5. The lowest BCUT2D eigenvalue weighted by Crippen LogP contribution is -2.58. The fourth-order valence-corrected chi connectivity index (χ4v) is 16.2. The lowest BCUT2D eigenvalue weighted by Gasteiger charge is -2.43. The molecule has 0 saturated carbocycles. The van der Waals surface area contributed by atoms with E-state index in [1.54, 1.807) is 19.6 Å². The SMILES string of the molecule is [2H]c1nc2c(C(=O)Nc3cncc(F)c3N3CCC(C(=O)N4CCN(C5CO[13CH2]5)CC4)CC3)c(N)nn2cc1F.[2H]c1nc2c(C(=O)Nc3cncc(F)c3N3CCC(C(=O)N4[13CH2][13CH2]N(C5COC5)[13CH2][13CH2]4)CC3)c(N)nn2cc1F.[2H]c1nc2c(C(=O)Nc3cncc(F)c3N3CCC([2H])(C(=O)N4CCN(C5COC5)CC4)CC3)c(N)nn2cc1F. The summed E-state index contributed by atoms with van der Waals surface area (Å²) in [6.45, 7) is 15.3. The highest BCUT2D eigenvalue weighted by atomic mass is 19.1. The zero-order valence-electron chi connectivity index (χ0n) is 67.4. The predicted molar refractivity (Wildman–Crippen MR) is 412 cm³/mol. The summed E-state index contributed by atoms with van der Waals surface area (Å²) in [6, 6.07) is 1.33. The van der Waals surface area contributed by atoms with Crippen LogP contribution in [0.25, 0.3) is 16.9 Å². The second-order valence-corrected chi connectivity index (χ2v) is 29.8. The molecule has 18 rings (SSSR count). The van der Waals surface area contributed by atoms with E-state index in [1.807, 2.05) is 9.80 Å². The third-order valence-electron chi connectivity index (χ3n) is 22.9. The second-order valence-electron chi connectivity index (χ2n) is 29.8. The molecule has 0 spiro atoms. The minimum absolute atomic E-state index is 0.0434. The van der Waals surface area contributed by atoms with Gasteiger partial charge in [0.05, 0.1) is 153 Å². The number of nitrogen functional groups attached to an aromatic ring is 3. The first-order valence-electron chi connectivity index (χ1n) is 40.6. The predicted octanol–water partition coefficient (Wildman–Crippen LogP) is 2.99. The molecule has 0 aliphatic carbocycles. The Balaban J connectivity index is 0.000000135. The van der Waals surface area contributed by atoms with E-state index >= 15 is 13.2 Å². The van der Waals surface area contributed by atoms with Crippen molar-refractivity contribution in [2.24, 2.45) is 17.7 Å². The Morgan fingerprint density at radius 2 is 0.658 bits per heavy atom. The molecular weight excluding hydrogens is 1540 g/mol. The van der Waals surface area contributed by atoms with E-state index in [-0.39, 0.29) is 141 Å². The maximum absolute atomic E-state index is 15.1. The fraction of sp³-hybridized carbons (Fsp3) is 0.480. The number of carbonyl (C=O) groups is 6. The molecule has 42 heteroatoms. The van der Waals surface area contributed by atoms with Crippen molar-refractivity contribution in [2.75, 3.05) is 205 Å². The van der Waals surface area contributed by atoms with Crippen LogP contribution in [0.2, 0.25) is 0 Å². The van der Waals surface area contributed by atoms with Gasteiger partial charge in [-0.2, -0.15) is 0 Å². The van der Waals surface area contributed by atoms with Crippen molar-refractivity contribution in [1.29, 1.82) is 0 Å². The van der Waals surface area contributed by atoms with Crippen LogP contribution in [0, 0.1) is 52.6 Å². The van der Waals surface area contributed by atoms with Gasteiger partial charge in [-0.1, -0.05) is 0 Å². The minimum Gasteiger partial charge on any atom is -0.381 e. The van der Waals surface area contributed by atoms with Crippen LogP contribution < -0.4 is 47.9 Å². The quantitative estimate of drug-likeness (QED) is 0.0634. The summed E-state index contributed by atoms with van der Waals surface area (Å²) < 4.78 is 137. The van der Waals surface area contributed by atoms with Crippen LogP contribution in [0.3, 0.4) is 0 Å². The highest BCUT2D eigenvalue weighted by Crippen LogP contribution is 2.38. The molecule has 117 heavy (non-hydrogen) atoms. The summed E-state index contributed by atoms with van der Waals surface area (Å²) in [5.74, 6) is -9.29. The highest BCUT2D eigenvalue weighted by Gasteiger charge is 2.40. The number of nitrogens with one attached hydrogen (secondary N) is 3. The molecule has 9 aromatic heterocycles. The van der Waals surface area contributed by atoms with Crippen LogP contribution in [0.1, 0.15) is 75.1 Å². The van der Waals surface area contributed by atoms with Crippen molar-refractivity contribution < 1.29 is 74.8 Å². The zero-order valence-corrected chi connectivity index (χ0v) is 63.4. The van der Waals surface area contributed by atoms with E-state index in [2.05, 4.69) is 75.9 Å². The number of hydrogen-bond acceptors (Lipinski definition) is 27. The van der Waals surface area contributed by atoms with Gasteiger partial charge in [-0.25, -0.2) is 54.8 Å². The van der Waals surface area contributed by atoms with Gasteiger partial charge in [-0.3, -0.25) is 58.4 Å². The van der Waals surface area contributed by atoms with Crippen molar-refractivity contribution >= 4 is 104 Å². The Morgan fingerprint density at radius 1 is 0.385 bits per heavy atom. The monoisotopic (exact) mass is 1630 g/mol. The molecule has 618 valence electrons. The number of halogens is 6. The van der Waals surface area contributed by atoms with Gasteiger partial charge in [0.1, 0.15) is 33.8 Å². The molecule has 1 atom stereocenters. The van der Waals surface area contributed by atoms with E-state index in [0.29, 0.717) is 109 Å². The maximum atomic E-state index is 15.1. The molecule has 9 aliphatic rings. The minimum atomic E-state index is -1.33. The molecule has 0 bridgehead atoms. The molecule has 36 nitrogen and oxygen atoms in total. The Hall–Kier alpha value is -11.7. The molecule has 1 unspecified atom stereocenters. The van der Waals surface area contributed by atoms with Crippen molar-refractivity contribution in [3.05, 3.63) is 126 Å². The fourth-order valence-electron chi connectivity index (χ4n) is 16.2. The first kappa shape index (κ1) is 74.1. The number of piperazine rings is 3. The lowest BCUT2D eigenvalue weighted by molar-refractivity contribution is -0.141. The Morgan fingerprint density at radius 3 is 0.932 bits per heavy atom. The maximum Gasteiger partial charge on any atom is 0.263 e. The number of nitrogens with zero attached hydrogens (tertiary/aromatic N) is 21. The third-order valence-corrected chi connectivity index (χ3v) is 22.9. The Kier molecular flexibility index (Phi) is 21.7. The number of ether oxygens (including phenoxy) is 3. The molecule has 9 aromatic rings. The van der Waals surface area contributed by atoms with E-state index < -0.39 is 77.0 Å². The molecule has 0 radical (unpaired) electrons. The standard InChI is InChI=1S/3C25H29F2N9O3/c3*26-16-9-30-23-20(22(28)32-36(23)12-16)24(37)31-19-11-29-10-18(27)21(19)34-3-1-15(2-4-34)25(38)35-7-5-33(6-8-35)17-13-39-14-17/h3*9-12,15,17H,1-8,13-14H2,(H2,28,32)(H,31,37)/i5+1,6+1,7+1,8+1,9D;9D,15D;9D,13+1. The van der Waals surface area contributed by atoms with Crippen LogP contribution in [0.15, 0.2) is 74.3 Å². The van der Waals surface area contributed by atoms with Crippen LogP contribution in [0.5, 0.6) is 0 Å². The summed E-state index contributed by atoms with van der Waals surface area (Å²) in [5.41, 5.74) is 17.4. The van der Waals surface area contributed by atoms with E-state index in [4.69, 9.17) is 36.9 Å². The second kappa shape index (κ2) is 34.2. The smallest absolute Gasteiger partial charge is 0.263 e. The number of pyridine rings is 3. The van der Waals surface area contributed by atoms with Crippen molar-refractivity contribution in [2.45, 2.75) is 56.7 Å². The Bertz CT molecular complexity index is 5230. The molecule has 9 aliphatic heterocycles. The van der Waals surface area contributed by atoms with Gasteiger partial charge in [0.15, 0.2) is 69.3 Å². The molecule has 6 amide bonds. The number of aromatic nitrogens is 12. The Labute approximate surface area is 670 Å². The summed E-state index contributed by atoms with van der Waals surface area (Å²) in [7, 11) is 0. The van der Waals surface area contributed by atoms with Crippen LogP contribution in [0.4, 0.5) is 77.9 Å². The number of anilines is 9. The molecule has 0 aromatic carbocycles. The summed E-state index contributed by atoms with van der Waals surface area (Å²) >= 11 is 0. The molecule has 9 N–H and O–H groups in total. The normalized spacial score (nSPS) is 20.5. The van der Waals surface area contributed by atoms with Gasteiger partial charge in [0.25, 0.3) is 17.7 Å². The van der Waals surface area contributed by atoms with Gasteiger partial charge >= 0.3 is 0 Å². The van der Waals surface area contributed by atoms with Crippen LogP contribution >= 0.6 is 0 Å². The number of fused-ring (bicyclic) bond motifs is 3. The van der Waals surface area contributed by atoms with Gasteiger partial charge in [-0.15, -0.1) is 15.3 Å². The van der Waals surface area contributed by atoms with Gasteiger partial charge in [0, 0.05) is 137 Å². The number of nitrogens with two attached hydrogens (primary N) is 3. The average molecular weight is 1630 g/mol. The average Bonchev–Trinajstić information content (AvgIpc) is 1.66. The summed E-state index contributed by atoms with van der Waals surface area (Å²) in [6.07, 6.45) is 10.3. The lowest BCUT2D eigenvalue weighted by atomic mass is 9.94. The van der Waals surface area contributed by atoms with Crippen molar-refractivity contribution in [3.8, 4) is 0 Å². The van der Waals surface area contributed by atoms with Crippen LogP contribution in [-0.2, 0) is 28.6 Å². The number of amides is 6. The van der Waals surface area contributed by atoms with Crippen LogP contribution in [-0.4, -0.2) is 299 Å². The van der Waals surface area contributed by atoms with E-state index in [0.717, 1.165) is 130 Å². The molecule has 18 heterocycles. The number of hydrogen-bond donors (Lipinski definition) is 6. The topological polar surface area (TPSA) is 403 Å². The van der Waals surface area contributed by atoms with Gasteiger partial charge < -0.3 is 76.8 Å². The molecule has 9 fully saturated rings. The number of carbonyl (C=O) groups excluding carboxylic acids is 6. The first-order valence-corrected chi connectivity index (χ1v) is 38.6. The largest absolute Gasteiger partial charge is 0.381 e. The van der Waals surface area contributed by atoms with Gasteiger partial charge in [0.2, 0.25) is 17.7 Å². The molecular formula is C75H87F6N27O9. The van der Waals surface area contributed by atoms with Crippen molar-refractivity contribution in [1.82, 2.24) is 88.1 Å². The van der Waals surface area contributed by atoms with E-state index in [9.17, 15) is 41.9 Å².